The van der Waals surface area contributed by atoms with Gasteiger partial charge in [0, 0.05) is 5.56 Å². The van der Waals surface area contributed by atoms with Crippen molar-refractivity contribution in [1.82, 2.24) is 0 Å². The van der Waals surface area contributed by atoms with Gasteiger partial charge in [0.05, 0.1) is 18.3 Å². The van der Waals surface area contributed by atoms with Gasteiger partial charge < -0.3 is 14.6 Å². The Morgan fingerprint density at radius 3 is 1.93 bits per heavy atom. The van der Waals surface area contributed by atoms with Crippen LogP contribution in [0, 0.1) is 5.82 Å². The first-order valence-electron chi connectivity index (χ1n) is 15.0. The Balaban J connectivity index is 1.67. The van der Waals surface area contributed by atoms with Crippen molar-refractivity contribution in [3.63, 3.8) is 0 Å². The molecule has 4 nitrogen and oxygen atoms in total. The van der Waals surface area contributed by atoms with Gasteiger partial charge in [-0.3, -0.25) is 0 Å². The molecule has 1 atom stereocenters. The summed E-state index contributed by atoms with van der Waals surface area (Å²) in [4.78, 5) is 11.9. The lowest BCUT2D eigenvalue weighted by molar-refractivity contribution is 0.0697. The number of unbranched alkanes of at least 4 members (excludes halogenated alkanes) is 8. The Hall–Kier alpha value is -3.34. The van der Waals surface area contributed by atoms with E-state index in [0.717, 1.165) is 55.6 Å². The number of rotatable bonds is 18. The van der Waals surface area contributed by atoms with Gasteiger partial charge in [-0.2, -0.15) is 0 Å². The molecule has 40 heavy (non-hydrogen) atoms. The van der Waals surface area contributed by atoms with Crippen LogP contribution < -0.4 is 9.47 Å². The fraction of sp³-hybridized carbons (Fsp3) is 0.457. The van der Waals surface area contributed by atoms with Crippen LogP contribution in [0.15, 0.2) is 60.7 Å². The van der Waals surface area contributed by atoms with Crippen LogP contribution in [0.4, 0.5) is 4.39 Å². The van der Waals surface area contributed by atoms with Crippen molar-refractivity contribution in [3.05, 3.63) is 72.0 Å². The molecule has 0 spiro atoms. The van der Waals surface area contributed by atoms with Crippen LogP contribution in [0.3, 0.4) is 0 Å². The zero-order valence-corrected chi connectivity index (χ0v) is 24.4. The van der Waals surface area contributed by atoms with Gasteiger partial charge in [0.25, 0.3) is 0 Å². The summed E-state index contributed by atoms with van der Waals surface area (Å²) in [6, 6.07) is 18.1. The Morgan fingerprint density at radius 2 is 1.30 bits per heavy atom. The number of ether oxygens (including phenoxy) is 2. The second-order valence-electron chi connectivity index (χ2n) is 10.6. The van der Waals surface area contributed by atoms with Crippen molar-refractivity contribution in [2.24, 2.45) is 0 Å². The smallest absolute Gasteiger partial charge is 0.336 e. The molecular weight excluding hydrogens is 503 g/mol. The van der Waals surface area contributed by atoms with Crippen molar-refractivity contribution in [1.29, 1.82) is 0 Å². The Bertz CT molecular complexity index is 1170. The van der Waals surface area contributed by atoms with E-state index in [1.165, 1.54) is 50.7 Å². The summed E-state index contributed by atoms with van der Waals surface area (Å²) >= 11 is 0. The highest BCUT2D eigenvalue weighted by atomic mass is 19.1. The third-order valence-electron chi connectivity index (χ3n) is 7.26. The van der Waals surface area contributed by atoms with Crippen LogP contribution in [-0.4, -0.2) is 23.8 Å². The molecule has 0 heterocycles. The summed E-state index contributed by atoms with van der Waals surface area (Å²) in [5.41, 5.74) is 2.43. The molecule has 3 aromatic carbocycles. The molecule has 0 aliphatic rings. The highest BCUT2D eigenvalue weighted by Gasteiger charge is 2.21. The molecular formula is C35H45FO4. The first kappa shape index (κ1) is 31.2. The average Bonchev–Trinajstić information content (AvgIpc) is 2.96. The molecule has 0 aromatic heterocycles. The second-order valence-corrected chi connectivity index (χ2v) is 10.6. The molecule has 5 heteroatoms. The van der Waals surface area contributed by atoms with E-state index < -0.39 is 11.8 Å². The van der Waals surface area contributed by atoms with E-state index >= 15 is 4.39 Å². The fourth-order valence-corrected chi connectivity index (χ4v) is 4.89. The van der Waals surface area contributed by atoms with Crippen molar-refractivity contribution in [2.75, 3.05) is 6.61 Å². The molecule has 0 amide bonds. The lowest BCUT2D eigenvalue weighted by Gasteiger charge is -2.18. The lowest BCUT2D eigenvalue weighted by atomic mass is 9.96. The topological polar surface area (TPSA) is 55.8 Å². The fourth-order valence-electron chi connectivity index (χ4n) is 4.89. The monoisotopic (exact) mass is 548 g/mol. The first-order valence-corrected chi connectivity index (χ1v) is 15.0. The minimum absolute atomic E-state index is 0.0492. The summed E-state index contributed by atoms with van der Waals surface area (Å²) in [5.74, 6) is -0.879. The molecule has 0 saturated carbocycles. The van der Waals surface area contributed by atoms with E-state index in [1.807, 2.05) is 43.3 Å². The normalized spacial score (nSPS) is 11.8. The summed E-state index contributed by atoms with van der Waals surface area (Å²) in [7, 11) is 0. The number of halogens is 1. The van der Waals surface area contributed by atoms with E-state index in [9.17, 15) is 9.90 Å². The van der Waals surface area contributed by atoms with Crippen LogP contribution in [0.2, 0.25) is 0 Å². The molecule has 0 radical (unpaired) electrons. The van der Waals surface area contributed by atoms with Crippen LogP contribution in [0.5, 0.6) is 11.5 Å². The van der Waals surface area contributed by atoms with Gasteiger partial charge in [0.15, 0.2) is 11.6 Å². The number of benzene rings is 3. The van der Waals surface area contributed by atoms with Crippen molar-refractivity contribution >= 4 is 5.97 Å². The van der Waals surface area contributed by atoms with Crippen molar-refractivity contribution in [2.45, 2.75) is 97.5 Å². The van der Waals surface area contributed by atoms with Gasteiger partial charge in [-0.05, 0) is 67.1 Å². The molecule has 0 saturated heterocycles. The standard InChI is InChI=1S/C35H45FO4/c1-4-6-8-10-11-13-25-39-30-21-19-28(20-22-30)27-15-17-29(18-16-27)33-31(35(37)38)23-24-32(34(33)36)40-26(3)14-12-9-7-5-2/h15-24,26H,4-14,25H2,1-3H3,(H,37,38). The Kier molecular flexibility index (Phi) is 13.0. The summed E-state index contributed by atoms with van der Waals surface area (Å²) in [5, 5.41) is 9.76. The Labute approximate surface area is 239 Å². The van der Waals surface area contributed by atoms with Gasteiger partial charge in [0.1, 0.15) is 5.75 Å². The molecule has 3 aromatic rings. The van der Waals surface area contributed by atoms with Gasteiger partial charge in [0.2, 0.25) is 0 Å². The highest BCUT2D eigenvalue weighted by molar-refractivity contribution is 5.96. The quantitative estimate of drug-likeness (QED) is 0.161. The summed E-state index contributed by atoms with van der Waals surface area (Å²) < 4.78 is 27.4. The maximum atomic E-state index is 15.7. The van der Waals surface area contributed by atoms with Gasteiger partial charge in [-0.15, -0.1) is 0 Å². The number of hydrogen-bond acceptors (Lipinski definition) is 3. The third kappa shape index (κ3) is 9.39. The molecule has 0 aliphatic heterocycles. The molecule has 0 aliphatic carbocycles. The maximum absolute atomic E-state index is 15.7. The van der Waals surface area contributed by atoms with Crippen LogP contribution in [-0.2, 0) is 0 Å². The molecule has 216 valence electrons. The van der Waals surface area contributed by atoms with Crippen LogP contribution in [0.1, 0.15) is 102 Å². The second kappa shape index (κ2) is 16.7. The number of carboxylic acid groups (broad SMARTS) is 1. The summed E-state index contributed by atoms with van der Waals surface area (Å²) in [6.07, 6.45) is 12.5. The van der Waals surface area contributed by atoms with Crippen LogP contribution >= 0.6 is 0 Å². The average molecular weight is 549 g/mol. The maximum Gasteiger partial charge on any atom is 0.336 e. The van der Waals surface area contributed by atoms with E-state index in [-0.39, 0.29) is 23.0 Å². The SMILES string of the molecule is CCCCCCCCOc1ccc(-c2ccc(-c3c(C(=O)O)ccc(OC(C)CCCCCC)c3F)cc2)cc1. The largest absolute Gasteiger partial charge is 0.494 e. The van der Waals surface area contributed by atoms with E-state index in [1.54, 1.807) is 12.1 Å². The summed E-state index contributed by atoms with van der Waals surface area (Å²) in [6.45, 7) is 7.03. The van der Waals surface area contributed by atoms with Crippen LogP contribution in [0.25, 0.3) is 22.3 Å². The molecule has 1 unspecified atom stereocenters. The first-order chi connectivity index (χ1) is 19.4. The zero-order chi connectivity index (χ0) is 28.7. The number of carbonyl (C=O) groups is 1. The molecule has 3 rings (SSSR count). The minimum Gasteiger partial charge on any atom is -0.494 e. The number of hydrogen-bond donors (Lipinski definition) is 1. The van der Waals surface area contributed by atoms with E-state index in [4.69, 9.17) is 9.47 Å². The minimum atomic E-state index is -1.17. The lowest BCUT2D eigenvalue weighted by Crippen LogP contribution is -2.13. The number of carboxylic acids is 1. The molecule has 0 fully saturated rings. The third-order valence-corrected chi connectivity index (χ3v) is 7.26. The molecule has 0 bridgehead atoms. The predicted molar refractivity (Wildman–Crippen MR) is 162 cm³/mol. The van der Waals surface area contributed by atoms with Gasteiger partial charge in [-0.1, -0.05) is 102 Å². The Morgan fingerprint density at radius 1 is 0.750 bits per heavy atom. The van der Waals surface area contributed by atoms with E-state index in [2.05, 4.69) is 13.8 Å². The van der Waals surface area contributed by atoms with Gasteiger partial charge in [-0.25, -0.2) is 9.18 Å². The van der Waals surface area contributed by atoms with Crippen molar-refractivity contribution in [3.8, 4) is 33.8 Å². The van der Waals surface area contributed by atoms with Crippen molar-refractivity contribution < 1.29 is 23.8 Å². The zero-order valence-electron chi connectivity index (χ0n) is 24.4. The molecule has 1 N–H and O–H groups in total. The predicted octanol–water partition coefficient (Wildman–Crippen LogP) is 10.3. The van der Waals surface area contributed by atoms with Gasteiger partial charge >= 0.3 is 5.97 Å². The highest BCUT2D eigenvalue weighted by Crippen LogP contribution is 2.35. The number of aromatic carboxylic acids is 1. The van der Waals surface area contributed by atoms with E-state index in [0.29, 0.717) is 5.56 Å².